The van der Waals surface area contributed by atoms with Crippen LogP contribution in [0.2, 0.25) is 0 Å². The largest absolute Gasteiger partial charge is 0.299 e. The molecule has 1 heterocycles. The van der Waals surface area contributed by atoms with Crippen LogP contribution in [-0.2, 0) is 13.6 Å². The summed E-state index contributed by atoms with van der Waals surface area (Å²) in [6.45, 7) is 1.33. The number of halogens is 1. The number of alkyl halides is 1. The van der Waals surface area contributed by atoms with Crippen molar-refractivity contribution in [1.82, 2.24) is 14.7 Å². The summed E-state index contributed by atoms with van der Waals surface area (Å²) < 4.78 is 1.76. The topological polar surface area (TPSA) is 44.9 Å². The van der Waals surface area contributed by atoms with Gasteiger partial charge in [0, 0.05) is 31.9 Å². The van der Waals surface area contributed by atoms with Crippen LogP contribution in [-0.4, -0.2) is 33.6 Å². The van der Waals surface area contributed by atoms with Crippen LogP contribution in [0, 0.1) is 11.3 Å². The molecule has 0 N–H and O–H groups in total. The lowest BCUT2D eigenvalue weighted by Crippen LogP contribution is -2.24. The Morgan fingerprint density at radius 3 is 3.00 bits per heavy atom. The fraction of sp³-hybridized carbons (Fsp3) is 0.556. The third-order valence-corrected chi connectivity index (χ3v) is 2.06. The van der Waals surface area contributed by atoms with Crippen molar-refractivity contribution in [3.63, 3.8) is 0 Å². The highest BCUT2D eigenvalue weighted by molar-refractivity contribution is 6.22. The molecule has 76 valence electrons. The molecular formula is C9H13ClN4. The molecule has 1 aromatic heterocycles. The van der Waals surface area contributed by atoms with Gasteiger partial charge in [-0.3, -0.25) is 9.58 Å². The van der Waals surface area contributed by atoms with Gasteiger partial charge < -0.3 is 0 Å². The number of aryl methyl sites for hydroxylation is 1. The molecule has 1 rings (SSSR count). The van der Waals surface area contributed by atoms with Crippen LogP contribution in [0.15, 0.2) is 12.4 Å². The van der Waals surface area contributed by atoms with Gasteiger partial charge in [0.15, 0.2) is 0 Å². The van der Waals surface area contributed by atoms with Gasteiger partial charge in [0.1, 0.15) is 5.38 Å². The fourth-order valence-electron chi connectivity index (χ4n) is 1.24. The average molecular weight is 213 g/mol. The summed E-state index contributed by atoms with van der Waals surface area (Å²) >= 11 is 5.71. The smallest absolute Gasteiger partial charge is 0.133 e. The van der Waals surface area contributed by atoms with E-state index in [9.17, 15) is 0 Å². The van der Waals surface area contributed by atoms with Gasteiger partial charge >= 0.3 is 0 Å². The van der Waals surface area contributed by atoms with E-state index in [2.05, 4.69) is 5.10 Å². The van der Waals surface area contributed by atoms with Gasteiger partial charge in [-0.1, -0.05) is 0 Å². The monoisotopic (exact) mass is 212 g/mol. The summed E-state index contributed by atoms with van der Waals surface area (Å²) in [6, 6.07) is 1.99. The molecule has 0 aliphatic carbocycles. The van der Waals surface area contributed by atoms with Gasteiger partial charge in [-0.15, -0.1) is 11.6 Å². The molecule has 5 heteroatoms. The zero-order valence-electron chi connectivity index (χ0n) is 8.31. The Balaban J connectivity index is 2.42. The van der Waals surface area contributed by atoms with Crippen molar-refractivity contribution >= 4 is 11.6 Å². The summed E-state index contributed by atoms with van der Waals surface area (Å²) in [7, 11) is 3.81. The normalized spacial score (nSPS) is 12.8. The van der Waals surface area contributed by atoms with Crippen LogP contribution in [0.4, 0.5) is 0 Å². The maximum Gasteiger partial charge on any atom is 0.133 e. The van der Waals surface area contributed by atoms with Crippen molar-refractivity contribution in [1.29, 1.82) is 5.26 Å². The molecule has 0 saturated heterocycles. The number of hydrogen-bond acceptors (Lipinski definition) is 3. The summed E-state index contributed by atoms with van der Waals surface area (Å²) in [5.74, 6) is 0. The molecule has 1 aromatic rings. The van der Waals surface area contributed by atoms with Crippen molar-refractivity contribution < 1.29 is 0 Å². The first kappa shape index (κ1) is 11.0. The highest BCUT2D eigenvalue weighted by Crippen LogP contribution is 2.03. The molecular weight excluding hydrogens is 200 g/mol. The van der Waals surface area contributed by atoms with Crippen molar-refractivity contribution in [2.75, 3.05) is 13.6 Å². The Labute approximate surface area is 88.7 Å². The zero-order valence-corrected chi connectivity index (χ0v) is 9.07. The molecule has 0 fully saturated rings. The van der Waals surface area contributed by atoms with Crippen LogP contribution in [0.1, 0.15) is 5.56 Å². The molecule has 14 heavy (non-hydrogen) atoms. The van der Waals surface area contributed by atoms with E-state index in [1.807, 2.05) is 37.5 Å². The Kier molecular flexibility index (Phi) is 3.93. The Bertz CT molecular complexity index is 328. The molecule has 0 saturated carbocycles. The van der Waals surface area contributed by atoms with E-state index >= 15 is 0 Å². The number of nitriles is 1. The molecule has 0 aliphatic heterocycles. The Hall–Kier alpha value is -1.05. The quantitative estimate of drug-likeness (QED) is 0.699. The van der Waals surface area contributed by atoms with E-state index < -0.39 is 5.38 Å². The summed E-state index contributed by atoms with van der Waals surface area (Å²) in [5, 5.41) is 12.1. The van der Waals surface area contributed by atoms with Gasteiger partial charge in [0.25, 0.3) is 0 Å². The first-order valence-electron chi connectivity index (χ1n) is 4.31. The molecule has 0 aliphatic rings. The minimum atomic E-state index is -0.448. The lowest BCUT2D eigenvalue weighted by Gasteiger charge is -2.15. The molecule has 0 bridgehead atoms. The highest BCUT2D eigenvalue weighted by atomic mass is 35.5. The van der Waals surface area contributed by atoms with E-state index in [1.165, 1.54) is 0 Å². The molecule has 1 atom stereocenters. The minimum absolute atomic E-state index is 0.448. The predicted molar refractivity (Wildman–Crippen MR) is 54.8 cm³/mol. The van der Waals surface area contributed by atoms with Crippen molar-refractivity contribution in [3.8, 4) is 6.07 Å². The minimum Gasteiger partial charge on any atom is -0.299 e. The maximum absolute atomic E-state index is 8.53. The van der Waals surface area contributed by atoms with Crippen LogP contribution >= 0.6 is 11.6 Å². The van der Waals surface area contributed by atoms with Crippen LogP contribution in [0.5, 0.6) is 0 Å². The summed E-state index contributed by atoms with van der Waals surface area (Å²) in [4.78, 5) is 2.00. The summed E-state index contributed by atoms with van der Waals surface area (Å²) in [5.41, 5.74) is 1.12. The van der Waals surface area contributed by atoms with Crippen LogP contribution in [0.25, 0.3) is 0 Å². The molecule has 0 aromatic carbocycles. The second-order valence-electron chi connectivity index (χ2n) is 3.32. The molecule has 0 radical (unpaired) electrons. The van der Waals surface area contributed by atoms with Crippen LogP contribution in [0.3, 0.4) is 0 Å². The van der Waals surface area contributed by atoms with Crippen molar-refractivity contribution in [2.24, 2.45) is 7.05 Å². The van der Waals surface area contributed by atoms with E-state index in [4.69, 9.17) is 16.9 Å². The maximum atomic E-state index is 8.53. The third-order valence-electron chi connectivity index (χ3n) is 1.82. The van der Waals surface area contributed by atoms with Gasteiger partial charge in [0.2, 0.25) is 0 Å². The first-order valence-corrected chi connectivity index (χ1v) is 4.75. The van der Waals surface area contributed by atoms with E-state index in [1.54, 1.807) is 4.68 Å². The fourth-order valence-corrected chi connectivity index (χ4v) is 1.48. The third kappa shape index (κ3) is 3.36. The SMILES string of the molecule is CN(Cc1cnn(C)c1)CC(Cl)C#N. The Morgan fingerprint density at radius 1 is 1.79 bits per heavy atom. The van der Waals surface area contributed by atoms with Crippen molar-refractivity contribution in [2.45, 2.75) is 11.9 Å². The average Bonchev–Trinajstić information content (AvgIpc) is 2.50. The number of nitrogens with zero attached hydrogens (tertiary/aromatic N) is 4. The molecule has 0 amide bonds. The predicted octanol–water partition coefficient (Wildman–Crippen LogP) is 0.983. The van der Waals surface area contributed by atoms with Gasteiger partial charge in [-0.2, -0.15) is 10.4 Å². The zero-order chi connectivity index (χ0) is 10.6. The van der Waals surface area contributed by atoms with Crippen molar-refractivity contribution in [3.05, 3.63) is 18.0 Å². The van der Waals surface area contributed by atoms with E-state index in [0.717, 1.165) is 12.1 Å². The van der Waals surface area contributed by atoms with Gasteiger partial charge in [-0.05, 0) is 7.05 Å². The van der Waals surface area contributed by atoms with Crippen LogP contribution < -0.4 is 0 Å². The second kappa shape index (κ2) is 4.99. The molecule has 4 nitrogen and oxygen atoms in total. The lowest BCUT2D eigenvalue weighted by molar-refractivity contribution is 0.337. The van der Waals surface area contributed by atoms with E-state index in [0.29, 0.717) is 6.54 Å². The highest BCUT2D eigenvalue weighted by Gasteiger charge is 2.07. The number of hydrogen-bond donors (Lipinski definition) is 0. The number of rotatable bonds is 4. The summed E-state index contributed by atoms with van der Waals surface area (Å²) in [6.07, 6.45) is 3.76. The Morgan fingerprint density at radius 2 is 2.50 bits per heavy atom. The van der Waals surface area contributed by atoms with Gasteiger partial charge in [0.05, 0.1) is 12.3 Å². The first-order chi connectivity index (χ1) is 6.61. The van der Waals surface area contributed by atoms with E-state index in [-0.39, 0.29) is 0 Å². The molecule has 0 spiro atoms. The number of aromatic nitrogens is 2. The van der Waals surface area contributed by atoms with Gasteiger partial charge in [-0.25, -0.2) is 0 Å². The molecule has 1 unspecified atom stereocenters. The lowest BCUT2D eigenvalue weighted by atomic mass is 10.3. The second-order valence-corrected chi connectivity index (χ2v) is 3.84. The standard InChI is InChI=1S/C9H13ClN4/c1-13(7-9(10)3-11)5-8-4-12-14(2)6-8/h4,6,9H,5,7H2,1-2H3.